The van der Waals surface area contributed by atoms with Gasteiger partial charge in [0.15, 0.2) is 5.60 Å². The Morgan fingerprint density at radius 2 is 2.11 bits per heavy atom. The topological polar surface area (TPSA) is 66.4 Å². The van der Waals surface area contributed by atoms with Crippen molar-refractivity contribution < 1.29 is 19.4 Å². The summed E-state index contributed by atoms with van der Waals surface area (Å²) in [4.78, 5) is 23.0. The van der Waals surface area contributed by atoms with E-state index in [1.54, 1.807) is 13.8 Å². The molecule has 0 aromatic carbocycles. The predicted octanol–water partition coefficient (Wildman–Crippen LogP) is 0.664. The van der Waals surface area contributed by atoms with Crippen molar-refractivity contribution in [3.05, 3.63) is 11.6 Å². The number of terminal acetylenes is 1. The van der Waals surface area contributed by atoms with E-state index < -0.39 is 29.4 Å². The molecule has 0 radical (unpaired) electrons. The number of ether oxygens (including phenoxy) is 1. The number of carboxylic acid groups (broad SMARTS) is 1. The molecule has 1 aliphatic rings. The number of hydrogen-bond donors (Lipinski definition) is 0. The first-order chi connectivity index (χ1) is 8.26. The summed E-state index contributed by atoms with van der Waals surface area (Å²) in [7, 11) is 0. The molecule has 0 aromatic rings. The maximum atomic E-state index is 12.0. The number of carboxylic acids is 1. The smallest absolute Gasteiger partial charge is 0.311 e. The second-order valence-corrected chi connectivity index (χ2v) is 5.10. The van der Waals surface area contributed by atoms with Crippen LogP contribution in [-0.2, 0) is 14.3 Å². The Kier molecular flexibility index (Phi) is 4.18. The first-order valence-corrected chi connectivity index (χ1v) is 5.84. The number of esters is 1. The zero-order valence-electron chi connectivity index (χ0n) is 10.9. The molecule has 2 atom stereocenters. The molecule has 0 bridgehead atoms. The first-order valence-electron chi connectivity index (χ1n) is 5.84. The van der Waals surface area contributed by atoms with Crippen molar-refractivity contribution in [3.63, 3.8) is 0 Å². The molecule has 0 saturated heterocycles. The van der Waals surface area contributed by atoms with Crippen LogP contribution in [0, 0.1) is 24.2 Å². The van der Waals surface area contributed by atoms with Crippen LogP contribution in [0.1, 0.15) is 33.6 Å². The molecule has 98 valence electrons. The second-order valence-electron chi connectivity index (χ2n) is 5.10. The molecular weight excluding hydrogens is 232 g/mol. The summed E-state index contributed by atoms with van der Waals surface area (Å²) in [6.07, 6.45) is 7.72. The van der Waals surface area contributed by atoms with Crippen LogP contribution in [0.25, 0.3) is 0 Å². The highest BCUT2D eigenvalue weighted by atomic mass is 16.6. The zero-order chi connectivity index (χ0) is 13.9. The van der Waals surface area contributed by atoms with E-state index in [9.17, 15) is 14.7 Å². The van der Waals surface area contributed by atoms with Gasteiger partial charge in [0.25, 0.3) is 0 Å². The predicted molar refractivity (Wildman–Crippen MR) is 64.0 cm³/mol. The van der Waals surface area contributed by atoms with Crippen LogP contribution in [0.5, 0.6) is 0 Å². The third kappa shape index (κ3) is 3.36. The highest BCUT2D eigenvalue weighted by molar-refractivity contribution is 5.81. The molecule has 1 rings (SSSR count). The minimum atomic E-state index is -1.22. The third-order valence-corrected chi connectivity index (χ3v) is 3.06. The Labute approximate surface area is 107 Å². The van der Waals surface area contributed by atoms with Gasteiger partial charge in [0, 0.05) is 11.9 Å². The summed E-state index contributed by atoms with van der Waals surface area (Å²) >= 11 is 0. The number of carbonyl (C=O) groups is 2. The van der Waals surface area contributed by atoms with Gasteiger partial charge in [-0.2, -0.15) is 0 Å². The van der Waals surface area contributed by atoms with Gasteiger partial charge in [0.1, 0.15) is 0 Å². The van der Waals surface area contributed by atoms with E-state index in [4.69, 9.17) is 11.2 Å². The first kappa shape index (κ1) is 14.3. The van der Waals surface area contributed by atoms with E-state index in [-0.39, 0.29) is 0 Å². The highest BCUT2D eigenvalue weighted by Crippen LogP contribution is 2.31. The Morgan fingerprint density at radius 1 is 1.50 bits per heavy atom. The van der Waals surface area contributed by atoms with Crippen molar-refractivity contribution in [2.45, 2.75) is 39.2 Å². The molecule has 0 heterocycles. The van der Waals surface area contributed by atoms with Gasteiger partial charge in [-0.25, -0.2) is 0 Å². The molecule has 0 aliphatic heterocycles. The third-order valence-electron chi connectivity index (χ3n) is 3.06. The van der Waals surface area contributed by atoms with E-state index in [1.165, 1.54) is 0 Å². The van der Waals surface area contributed by atoms with Gasteiger partial charge in [-0.15, -0.1) is 6.42 Å². The van der Waals surface area contributed by atoms with E-state index in [0.29, 0.717) is 12.8 Å². The SMILES string of the molecule is C#CC(C)(C)OC(=O)[C@@H]1CC(C)=CC[C@H]1C(=O)[O-]. The Bertz CT molecular complexity index is 426. The van der Waals surface area contributed by atoms with Crippen LogP contribution in [0.15, 0.2) is 11.6 Å². The molecule has 0 fully saturated rings. The average Bonchev–Trinajstić information content (AvgIpc) is 2.28. The van der Waals surface area contributed by atoms with Crippen molar-refractivity contribution in [2.75, 3.05) is 0 Å². The monoisotopic (exact) mass is 249 g/mol. The van der Waals surface area contributed by atoms with E-state index in [2.05, 4.69) is 5.92 Å². The molecule has 1 aliphatic carbocycles. The van der Waals surface area contributed by atoms with Gasteiger partial charge in [-0.05, 0) is 33.6 Å². The lowest BCUT2D eigenvalue weighted by Gasteiger charge is -2.31. The zero-order valence-corrected chi connectivity index (χ0v) is 10.9. The summed E-state index contributed by atoms with van der Waals surface area (Å²) in [5, 5.41) is 11.0. The highest BCUT2D eigenvalue weighted by Gasteiger charge is 2.35. The lowest BCUT2D eigenvalue weighted by Crippen LogP contribution is -2.42. The number of rotatable bonds is 3. The Morgan fingerprint density at radius 3 is 2.61 bits per heavy atom. The van der Waals surface area contributed by atoms with Crippen LogP contribution in [0.2, 0.25) is 0 Å². The van der Waals surface area contributed by atoms with Crippen LogP contribution >= 0.6 is 0 Å². The molecule has 0 spiro atoms. The maximum absolute atomic E-state index is 12.0. The fourth-order valence-corrected chi connectivity index (χ4v) is 1.93. The van der Waals surface area contributed by atoms with Gasteiger partial charge >= 0.3 is 5.97 Å². The minimum absolute atomic E-state index is 0.296. The Balaban J connectivity index is 2.86. The summed E-state index contributed by atoms with van der Waals surface area (Å²) in [5.74, 6) is -1.00. The quantitative estimate of drug-likeness (QED) is 0.419. The normalized spacial score (nSPS) is 23.8. The summed E-state index contributed by atoms with van der Waals surface area (Å²) in [6.45, 7) is 5.03. The van der Waals surface area contributed by atoms with Gasteiger partial charge in [0.2, 0.25) is 0 Å². The van der Waals surface area contributed by atoms with Gasteiger partial charge in [-0.3, -0.25) is 4.79 Å². The largest absolute Gasteiger partial charge is 0.550 e. The molecule has 0 aromatic heterocycles. The van der Waals surface area contributed by atoms with E-state index in [0.717, 1.165) is 5.57 Å². The van der Waals surface area contributed by atoms with Gasteiger partial charge in [0.05, 0.1) is 5.92 Å². The lowest BCUT2D eigenvalue weighted by molar-refractivity contribution is -0.313. The standard InChI is InChI=1S/C14H18O4/c1-5-14(3,4)18-13(17)11-8-9(2)6-7-10(11)12(15)16/h1,6,10-11H,7-8H2,2-4H3,(H,15,16)/p-1/t10-,11-/m1/s1. The van der Waals surface area contributed by atoms with E-state index >= 15 is 0 Å². The van der Waals surface area contributed by atoms with Crippen LogP contribution in [0.4, 0.5) is 0 Å². The molecule has 0 unspecified atom stereocenters. The van der Waals surface area contributed by atoms with Crippen LogP contribution in [0.3, 0.4) is 0 Å². The molecule has 4 heteroatoms. The lowest BCUT2D eigenvalue weighted by atomic mass is 9.80. The van der Waals surface area contributed by atoms with Gasteiger partial charge in [-0.1, -0.05) is 17.6 Å². The number of allylic oxidation sites excluding steroid dienone is 2. The number of hydrogen-bond acceptors (Lipinski definition) is 4. The van der Waals surface area contributed by atoms with Crippen LogP contribution < -0.4 is 5.11 Å². The molecular formula is C14H17O4-. The fraction of sp³-hybridized carbons (Fsp3) is 0.571. The molecule has 4 nitrogen and oxygen atoms in total. The van der Waals surface area contributed by atoms with E-state index in [1.807, 2.05) is 13.0 Å². The Hall–Kier alpha value is -1.76. The van der Waals surface area contributed by atoms with Crippen LogP contribution in [-0.4, -0.2) is 17.5 Å². The fourth-order valence-electron chi connectivity index (χ4n) is 1.93. The summed E-state index contributed by atoms with van der Waals surface area (Å²) < 4.78 is 5.16. The second kappa shape index (κ2) is 5.26. The number of aliphatic carboxylic acids is 1. The summed E-state index contributed by atoms with van der Waals surface area (Å²) in [6, 6.07) is 0. The van der Waals surface area contributed by atoms with Crippen molar-refractivity contribution in [3.8, 4) is 12.3 Å². The maximum Gasteiger partial charge on any atom is 0.311 e. The molecule has 0 saturated carbocycles. The van der Waals surface area contributed by atoms with Crippen molar-refractivity contribution >= 4 is 11.9 Å². The van der Waals surface area contributed by atoms with Gasteiger partial charge < -0.3 is 14.6 Å². The van der Waals surface area contributed by atoms with Crippen molar-refractivity contribution in [1.29, 1.82) is 0 Å². The molecule has 0 N–H and O–H groups in total. The molecule has 18 heavy (non-hydrogen) atoms. The average molecular weight is 249 g/mol. The minimum Gasteiger partial charge on any atom is -0.550 e. The summed E-state index contributed by atoms with van der Waals surface area (Å²) in [5.41, 5.74) is -0.0456. The number of carbonyl (C=O) groups excluding carboxylic acids is 2. The van der Waals surface area contributed by atoms with Crippen molar-refractivity contribution in [2.24, 2.45) is 11.8 Å². The molecule has 0 amide bonds. The van der Waals surface area contributed by atoms with Crippen molar-refractivity contribution in [1.82, 2.24) is 0 Å².